The lowest BCUT2D eigenvalue weighted by molar-refractivity contribution is -0.126. The van der Waals surface area contributed by atoms with Gasteiger partial charge in [0, 0.05) is 37.5 Å². The Morgan fingerprint density at radius 2 is 2.24 bits per heavy atom. The van der Waals surface area contributed by atoms with Crippen molar-refractivity contribution in [2.45, 2.75) is 24.8 Å². The summed E-state index contributed by atoms with van der Waals surface area (Å²) in [5.41, 5.74) is 7.38. The van der Waals surface area contributed by atoms with Crippen LogP contribution in [0.1, 0.15) is 34.5 Å². The minimum Gasteiger partial charge on any atom is -0.493 e. The molecule has 8 nitrogen and oxygen atoms in total. The molecule has 0 spiro atoms. The summed E-state index contributed by atoms with van der Waals surface area (Å²) < 4.78 is 7.46. The van der Waals surface area contributed by atoms with Crippen molar-refractivity contribution >= 4 is 29.1 Å². The lowest BCUT2D eigenvalue weighted by atomic mass is 10.1. The molecule has 2 N–H and O–H groups in total. The number of carbonyl (C=O) groups is 2. The van der Waals surface area contributed by atoms with Crippen LogP contribution in [0.3, 0.4) is 0 Å². The Bertz CT molecular complexity index is 1550. The third-order valence-electron chi connectivity index (χ3n) is 7.61. The largest absolute Gasteiger partial charge is 0.493 e. The van der Waals surface area contributed by atoms with E-state index in [1.807, 2.05) is 33.8 Å². The fourth-order valence-electron chi connectivity index (χ4n) is 5.64. The SMILES string of the molecule is C=CC(=O)N1CC[C@@H]2C[C@@]21C#Cc1cnccc1-c1cc2c(n1Nc1cccc(Cl)c1OC)CCNC2=O. The summed E-state index contributed by atoms with van der Waals surface area (Å²) in [5, 5.41) is 3.40. The third kappa shape index (κ3) is 3.82. The number of fused-ring (bicyclic) bond motifs is 2. The molecule has 4 heterocycles. The summed E-state index contributed by atoms with van der Waals surface area (Å²) in [4.78, 5) is 31.4. The minimum absolute atomic E-state index is 0.0852. The van der Waals surface area contributed by atoms with E-state index in [2.05, 4.69) is 34.1 Å². The van der Waals surface area contributed by atoms with Crippen LogP contribution in [-0.2, 0) is 11.2 Å². The second-order valence-corrected chi connectivity index (χ2v) is 10.1. The molecule has 1 saturated carbocycles. The van der Waals surface area contributed by atoms with E-state index in [-0.39, 0.29) is 11.8 Å². The van der Waals surface area contributed by atoms with Gasteiger partial charge >= 0.3 is 0 Å². The molecule has 0 bridgehead atoms. The second kappa shape index (κ2) is 9.26. The second-order valence-electron chi connectivity index (χ2n) is 9.64. The van der Waals surface area contributed by atoms with Crippen molar-refractivity contribution < 1.29 is 14.3 Å². The highest BCUT2D eigenvalue weighted by Crippen LogP contribution is 2.55. The van der Waals surface area contributed by atoms with E-state index in [9.17, 15) is 9.59 Å². The topological polar surface area (TPSA) is 88.5 Å². The zero-order valence-electron chi connectivity index (χ0n) is 20.9. The third-order valence-corrected chi connectivity index (χ3v) is 7.90. The number of para-hydroxylation sites is 1. The zero-order chi connectivity index (χ0) is 26.4. The standard InChI is InChI=1S/C29H26ClN5O3/c1-3-26(36)34-14-10-19-16-29(19,34)11-7-18-17-31-12-8-20(18)25-15-21-24(9-13-32-28(21)37)35(25)33-23-6-4-5-22(30)27(23)38-2/h3-6,8,12,15,17,19,33H,1,9-10,13-14,16H2,2H3,(H,32,37)/t19-,29+/m1/s1. The Morgan fingerprint density at radius 1 is 1.37 bits per heavy atom. The molecule has 1 saturated heterocycles. The number of amides is 2. The van der Waals surface area contributed by atoms with E-state index in [1.54, 1.807) is 25.6 Å². The Kier molecular flexibility index (Phi) is 5.88. The molecule has 2 aliphatic heterocycles. The van der Waals surface area contributed by atoms with Crippen molar-refractivity contribution in [3.63, 3.8) is 0 Å². The van der Waals surface area contributed by atoms with Gasteiger partial charge in [-0.15, -0.1) is 0 Å². The lowest BCUT2D eigenvalue weighted by Crippen LogP contribution is -2.38. The number of anilines is 1. The number of nitrogens with zero attached hydrogens (tertiary/aromatic N) is 3. The predicted molar refractivity (Wildman–Crippen MR) is 145 cm³/mol. The van der Waals surface area contributed by atoms with Crippen LogP contribution in [0, 0.1) is 17.8 Å². The van der Waals surface area contributed by atoms with Crippen LogP contribution < -0.4 is 15.5 Å². The number of hydrogen-bond donors (Lipinski definition) is 2. The van der Waals surface area contributed by atoms with Gasteiger partial charge < -0.3 is 15.0 Å². The number of halogens is 1. The molecule has 3 aromatic rings. The van der Waals surface area contributed by atoms with Crippen molar-refractivity contribution in [2.24, 2.45) is 5.92 Å². The van der Waals surface area contributed by atoms with Crippen LogP contribution in [0.2, 0.25) is 5.02 Å². The average molecular weight is 528 g/mol. The van der Waals surface area contributed by atoms with Crippen LogP contribution in [0.15, 0.2) is 55.4 Å². The van der Waals surface area contributed by atoms with Gasteiger partial charge in [-0.3, -0.25) is 24.7 Å². The number of pyridine rings is 1. The molecular weight excluding hydrogens is 502 g/mol. The fourth-order valence-corrected chi connectivity index (χ4v) is 5.89. The molecular formula is C29H26ClN5O3. The number of carbonyl (C=O) groups excluding carboxylic acids is 2. The first-order valence-corrected chi connectivity index (χ1v) is 12.9. The highest BCUT2D eigenvalue weighted by molar-refractivity contribution is 6.32. The van der Waals surface area contributed by atoms with Gasteiger partial charge in [-0.2, -0.15) is 0 Å². The zero-order valence-corrected chi connectivity index (χ0v) is 21.6. The van der Waals surface area contributed by atoms with Gasteiger partial charge in [0.1, 0.15) is 5.54 Å². The van der Waals surface area contributed by atoms with Gasteiger partial charge in [0.2, 0.25) is 5.91 Å². The van der Waals surface area contributed by atoms with Crippen LogP contribution in [-0.4, -0.2) is 52.1 Å². The summed E-state index contributed by atoms with van der Waals surface area (Å²) >= 11 is 6.38. The molecule has 38 heavy (non-hydrogen) atoms. The first kappa shape index (κ1) is 24.1. The number of nitrogens with one attached hydrogen (secondary N) is 2. The van der Waals surface area contributed by atoms with Crippen molar-refractivity contribution in [3.05, 3.63) is 77.2 Å². The number of benzene rings is 1. The van der Waals surface area contributed by atoms with Gasteiger partial charge in [-0.25, -0.2) is 0 Å². The maximum Gasteiger partial charge on any atom is 0.253 e. The summed E-state index contributed by atoms with van der Waals surface area (Å²) in [5.74, 6) is 7.42. The highest BCUT2D eigenvalue weighted by Gasteiger charge is 2.62. The number of piperidine rings is 1. The first-order valence-electron chi connectivity index (χ1n) is 12.5. The normalized spacial score (nSPS) is 20.9. The number of likely N-dealkylation sites (tertiary alicyclic amines) is 1. The van der Waals surface area contributed by atoms with E-state index in [0.717, 1.165) is 29.8 Å². The summed E-state index contributed by atoms with van der Waals surface area (Å²) in [6, 6.07) is 9.22. The molecule has 2 amide bonds. The van der Waals surface area contributed by atoms with Gasteiger partial charge in [0.25, 0.3) is 5.91 Å². The van der Waals surface area contributed by atoms with E-state index in [4.69, 9.17) is 16.3 Å². The Balaban J connectivity index is 1.46. The van der Waals surface area contributed by atoms with Crippen LogP contribution in [0.5, 0.6) is 5.75 Å². The molecule has 2 aromatic heterocycles. The Labute approximate surface area is 225 Å². The molecule has 192 valence electrons. The van der Waals surface area contributed by atoms with Crippen LogP contribution in [0.4, 0.5) is 5.69 Å². The summed E-state index contributed by atoms with van der Waals surface area (Å²) in [6.07, 6.45) is 7.25. The maximum atomic E-state index is 12.8. The maximum absolute atomic E-state index is 12.8. The van der Waals surface area contributed by atoms with Crippen molar-refractivity contribution in [3.8, 4) is 28.8 Å². The van der Waals surface area contributed by atoms with Gasteiger partial charge in [0.15, 0.2) is 5.75 Å². The fraction of sp³-hybridized carbons (Fsp3) is 0.276. The highest BCUT2D eigenvalue weighted by atomic mass is 35.5. The summed E-state index contributed by atoms with van der Waals surface area (Å²) in [7, 11) is 1.57. The monoisotopic (exact) mass is 527 g/mol. The molecule has 1 aromatic carbocycles. The molecule has 2 atom stereocenters. The molecule has 0 unspecified atom stereocenters. The lowest BCUT2D eigenvalue weighted by Gasteiger charge is -2.22. The number of hydrogen-bond acceptors (Lipinski definition) is 5. The van der Waals surface area contributed by atoms with E-state index in [1.165, 1.54) is 6.08 Å². The number of methoxy groups -OCH3 is 1. The number of ether oxygens (including phenoxy) is 1. The Morgan fingerprint density at radius 3 is 3.03 bits per heavy atom. The molecule has 9 heteroatoms. The number of aromatic nitrogens is 2. The van der Waals surface area contributed by atoms with Crippen LogP contribution in [0.25, 0.3) is 11.3 Å². The molecule has 0 radical (unpaired) electrons. The van der Waals surface area contributed by atoms with Crippen molar-refractivity contribution in [1.29, 1.82) is 0 Å². The first-order chi connectivity index (χ1) is 18.5. The smallest absolute Gasteiger partial charge is 0.253 e. The van der Waals surface area contributed by atoms with Crippen molar-refractivity contribution in [1.82, 2.24) is 19.9 Å². The molecule has 2 fully saturated rings. The molecule has 6 rings (SSSR count). The van der Waals surface area contributed by atoms with Crippen molar-refractivity contribution in [2.75, 3.05) is 25.6 Å². The van der Waals surface area contributed by atoms with Crippen LogP contribution >= 0.6 is 11.6 Å². The Hall–Kier alpha value is -4.22. The quantitative estimate of drug-likeness (QED) is 0.388. The van der Waals surface area contributed by atoms with E-state index in [0.29, 0.717) is 53.0 Å². The number of rotatable bonds is 5. The van der Waals surface area contributed by atoms with Gasteiger partial charge in [0.05, 0.1) is 40.3 Å². The predicted octanol–water partition coefficient (Wildman–Crippen LogP) is 3.90. The van der Waals surface area contributed by atoms with E-state index >= 15 is 0 Å². The van der Waals surface area contributed by atoms with Gasteiger partial charge in [-0.05, 0) is 49.1 Å². The van der Waals surface area contributed by atoms with Gasteiger partial charge in [-0.1, -0.05) is 36.1 Å². The average Bonchev–Trinajstić information content (AvgIpc) is 3.33. The van der Waals surface area contributed by atoms with E-state index < -0.39 is 5.54 Å². The molecule has 1 aliphatic carbocycles. The summed E-state index contributed by atoms with van der Waals surface area (Å²) in [6.45, 7) is 4.88. The minimum atomic E-state index is -0.439. The molecule has 3 aliphatic rings.